The standard InChI is InChI=1S/C13H26O3S/c1-5-10(2)13(3,14)11-7-6-8-12(9-11)17(4,15)16/h10-12,14H,5-9H2,1-4H3. The quantitative estimate of drug-likeness (QED) is 0.846. The maximum Gasteiger partial charge on any atom is 0.150 e. The van der Waals surface area contributed by atoms with Crippen molar-refractivity contribution in [3.8, 4) is 0 Å². The van der Waals surface area contributed by atoms with Crippen LogP contribution in [0.1, 0.15) is 52.9 Å². The van der Waals surface area contributed by atoms with Crippen LogP contribution in [0.4, 0.5) is 0 Å². The Balaban J connectivity index is 2.79. The van der Waals surface area contributed by atoms with Crippen molar-refractivity contribution >= 4 is 9.84 Å². The Morgan fingerprint density at radius 1 is 1.41 bits per heavy atom. The van der Waals surface area contributed by atoms with Crippen molar-refractivity contribution in [1.82, 2.24) is 0 Å². The van der Waals surface area contributed by atoms with Gasteiger partial charge in [0.25, 0.3) is 0 Å². The van der Waals surface area contributed by atoms with Crippen LogP contribution in [-0.2, 0) is 9.84 Å². The predicted octanol–water partition coefficient (Wildman–Crippen LogP) is 2.39. The highest BCUT2D eigenvalue weighted by Gasteiger charge is 2.41. The predicted molar refractivity (Wildman–Crippen MR) is 70.7 cm³/mol. The lowest BCUT2D eigenvalue weighted by Crippen LogP contribution is -2.45. The molecule has 0 aromatic heterocycles. The van der Waals surface area contributed by atoms with Gasteiger partial charge in [0, 0.05) is 6.26 Å². The van der Waals surface area contributed by atoms with Gasteiger partial charge in [0.05, 0.1) is 10.9 Å². The molecule has 0 bridgehead atoms. The lowest BCUT2D eigenvalue weighted by Gasteiger charge is -2.41. The van der Waals surface area contributed by atoms with Gasteiger partial charge in [-0.25, -0.2) is 8.42 Å². The highest BCUT2D eigenvalue weighted by Crippen LogP contribution is 2.39. The van der Waals surface area contributed by atoms with Crippen molar-refractivity contribution in [2.24, 2.45) is 11.8 Å². The van der Waals surface area contributed by atoms with Gasteiger partial charge in [-0.3, -0.25) is 0 Å². The smallest absolute Gasteiger partial charge is 0.150 e. The third-order valence-corrected chi connectivity index (χ3v) is 6.31. The molecular weight excluding hydrogens is 236 g/mol. The Hall–Kier alpha value is -0.0900. The van der Waals surface area contributed by atoms with Gasteiger partial charge in [0.1, 0.15) is 9.84 Å². The van der Waals surface area contributed by atoms with E-state index in [1.807, 2.05) is 13.8 Å². The summed E-state index contributed by atoms with van der Waals surface area (Å²) in [4.78, 5) is 0. The van der Waals surface area contributed by atoms with Crippen LogP contribution in [0.2, 0.25) is 0 Å². The van der Waals surface area contributed by atoms with Crippen LogP contribution in [0.15, 0.2) is 0 Å². The number of rotatable bonds is 4. The highest BCUT2D eigenvalue weighted by atomic mass is 32.2. The van der Waals surface area contributed by atoms with Gasteiger partial charge >= 0.3 is 0 Å². The van der Waals surface area contributed by atoms with Crippen LogP contribution in [0.5, 0.6) is 0 Å². The van der Waals surface area contributed by atoms with Crippen LogP contribution in [0, 0.1) is 11.8 Å². The average Bonchev–Trinajstić information content (AvgIpc) is 2.27. The van der Waals surface area contributed by atoms with E-state index in [2.05, 4.69) is 6.92 Å². The first-order chi connectivity index (χ1) is 7.69. The van der Waals surface area contributed by atoms with Gasteiger partial charge in [-0.05, 0) is 38.0 Å². The third kappa shape index (κ3) is 3.44. The molecule has 3 nitrogen and oxygen atoms in total. The van der Waals surface area contributed by atoms with Crippen molar-refractivity contribution in [2.45, 2.75) is 63.7 Å². The molecule has 4 heteroatoms. The summed E-state index contributed by atoms with van der Waals surface area (Å²) in [5, 5.41) is 10.3. The van der Waals surface area contributed by atoms with E-state index in [0.29, 0.717) is 6.42 Å². The van der Waals surface area contributed by atoms with Gasteiger partial charge in [-0.1, -0.05) is 26.7 Å². The SMILES string of the molecule is CCC(C)C(C)(O)C1CCCC(S(C)(=O)=O)C1. The van der Waals surface area contributed by atoms with Gasteiger partial charge in [-0.2, -0.15) is 0 Å². The van der Waals surface area contributed by atoms with E-state index < -0.39 is 15.4 Å². The molecule has 1 aliphatic carbocycles. The maximum absolute atomic E-state index is 11.6. The second-order valence-corrected chi connectivity index (χ2v) is 8.18. The molecular formula is C13H26O3S. The molecule has 0 radical (unpaired) electrons. The summed E-state index contributed by atoms with van der Waals surface area (Å²) >= 11 is 0. The van der Waals surface area contributed by atoms with Crippen molar-refractivity contribution in [3.05, 3.63) is 0 Å². The molecule has 4 atom stereocenters. The summed E-state index contributed by atoms with van der Waals surface area (Å²) in [6, 6.07) is 0. The van der Waals surface area contributed by atoms with Crippen LogP contribution in [0.25, 0.3) is 0 Å². The third-order valence-electron chi connectivity index (χ3n) is 4.67. The van der Waals surface area contributed by atoms with Crippen molar-refractivity contribution in [2.75, 3.05) is 6.26 Å². The topological polar surface area (TPSA) is 54.4 Å². The minimum absolute atomic E-state index is 0.117. The van der Waals surface area contributed by atoms with E-state index in [9.17, 15) is 13.5 Å². The monoisotopic (exact) mass is 262 g/mol. The van der Waals surface area contributed by atoms with E-state index in [-0.39, 0.29) is 17.1 Å². The van der Waals surface area contributed by atoms with Gasteiger partial charge in [0.15, 0.2) is 0 Å². The van der Waals surface area contributed by atoms with Gasteiger partial charge < -0.3 is 5.11 Å². The van der Waals surface area contributed by atoms with E-state index >= 15 is 0 Å². The van der Waals surface area contributed by atoms with E-state index in [1.54, 1.807) is 0 Å². The molecule has 1 aliphatic rings. The fraction of sp³-hybridized carbons (Fsp3) is 1.00. The first-order valence-corrected chi connectivity index (χ1v) is 8.56. The molecule has 4 unspecified atom stereocenters. The zero-order valence-corrected chi connectivity index (χ0v) is 12.3. The molecule has 0 aliphatic heterocycles. The second kappa shape index (κ2) is 5.27. The Labute approximate surface area is 106 Å². The summed E-state index contributed by atoms with van der Waals surface area (Å²) in [6.45, 7) is 5.98. The molecule has 1 rings (SSSR count). The van der Waals surface area contributed by atoms with E-state index in [4.69, 9.17) is 0 Å². The number of aliphatic hydroxyl groups is 1. The summed E-state index contributed by atoms with van der Waals surface area (Å²) < 4.78 is 23.2. The number of hydrogen-bond acceptors (Lipinski definition) is 3. The molecule has 1 saturated carbocycles. The molecule has 17 heavy (non-hydrogen) atoms. The number of sulfone groups is 1. The van der Waals surface area contributed by atoms with Crippen molar-refractivity contribution in [3.63, 3.8) is 0 Å². The molecule has 0 heterocycles. The molecule has 0 aromatic rings. The van der Waals surface area contributed by atoms with Gasteiger partial charge in [-0.15, -0.1) is 0 Å². The Morgan fingerprint density at radius 3 is 2.47 bits per heavy atom. The average molecular weight is 262 g/mol. The maximum atomic E-state index is 11.6. The largest absolute Gasteiger partial charge is 0.390 e. The lowest BCUT2D eigenvalue weighted by molar-refractivity contribution is -0.0605. The van der Waals surface area contributed by atoms with E-state index in [0.717, 1.165) is 25.7 Å². The van der Waals surface area contributed by atoms with Crippen molar-refractivity contribution in [1.29, 1.82) is 0 Å². The zero-order chi connectivity index (χ0) is 13.3. The van der Waals surface area contributed by atoms with Crippen molar-refractivity contribution < 1.29 is 13.5 Å². The van der Waals surface area contributed by atoms with Crippen LogP contribution in [0.3, 0.4) is 0 Å². The zero-order valence-electron chi connectivity index (χ0n) is 11.4. The number of hydrogen-bond donors (Lipinski definition) is 1. The van der Waals surface area contributed by atoms with Crippen LogP contribution >= 0.6 is 0 Å². The molecule has 0 saturated heterocycles. The molecule has 0 aromatic carbocycles. The summed E-state index contributed by atoms with van der Waals surface area (Å²) in [7, 11) is -2.96. The highest BCUT2D eigenvalue weighted by molar-refractivity contribution is 7.91. The first-order valence-electron chi connectivity index (χ1n) is 6.60. The summed E-state index contributed by atoms with van der Waals surface area (Å²) in [5.74, 6) is 0.330. The Kier molecular flexibility index (Phi) is 4.64. The second-order valence-electron chi connectivity index (χ2n) is 5.85. The van der Waals surface area contributed by atoms with Crippen LogP contribution in [-0.4, -0.2) is 30.6 Å². The minimum Gasteiger partial charge on any atom is -0.390 e. The Morgan fingerprint density at radius 2 is 2.00 bits per heavy atom. The fourth-order valence-corrected chi connectivity index (χ4v) is 4.06. The Bertz CT molecular complexity index is 346. The molecule has 1 N–H and O–H groups in total. The normalized spacial score (nSPS) is 31.8. The van der Waals surface area contributed by atoms with E-state index in [1.165, 1.54) is 6.26 Å². The first kappa shape index (κ1) is 15.0. The lowest BCUT2D eigenvalue weighted by atomic mass is 9.71. The minimum atomic E-state index is -2.96. The molecule has 102 valence electrons. The van der Waals surface area contributed by atoms with Gasteiger partial charge in [0.2, 0.25) is 0 Å². The summed E-state index contributed by atoms with van der Waals surface area (Å²) in [6.07, 6.45) is 5.48. The van der Waals surface area contributed by atoms with Crippen LogP contribution < -0.4 is 0 Å². The molecule has 0 amide bonds. The fourth-order valence-electron chi connectivity index (χ4n) is 2.88. The molecule has 1 fully saturated rings. The molecule has 0 spiro atoms. The summed E-state index contributed by atoms with van der Waals surface area (Å²) in [5.41, 5.74) is -0.738.